The van der Waals surface area contributed by atoms with Crippen molar-refractivity contribution in [1.29, 1.82) is 0 Å². The minimum absolute atomic E-state index is 0.0150. The summed E-state index contributed by atoms with van der Waals surface area (Å²) in [7, 11) is -4.09. The molecule has 2 aliphatic carbocycles. The first-order chi connectivity index (χ1) is 20.1. The average molecular weight is 645 g/mol. The number of carbonyl (C=O) groups is 2. The van der Waals surface area contributed by atoms with Crippen molar-refractivity contribution >= 4 is 39.0 Å². The zero-order valence-corrected chi connectivity index (χ0v) is 25.9. The lowest BCUT2D eigenvalue weighted by Crippen LogP contribution is -2.57. The SMILES string of the molecule is CCOC(=O)[C@@H](NC[C@@]1(O)C2C[C@@H](S(=O)(=O)c3cc(C(=O)Nc4cc(F)c(F)c(F)c4)ccc3Cl)C[C@@H]1[C@@H](C)C2)C(C)C. The number of benzene rings is 2. The lowest BCUT2D eigenvalue weighted by molar-refractivity contribution is -0.147. The molecule has 1 amide bonds. The fourth-order valence-corrected chi connectivity index (χ4v) is 8.92. The van der Waals surface area contributed by atoms with Gasteiger partial charge in [-0.1, -0.05) is 32.4 Å². The smallest absolute Gasteiger partial charge is 0.323 e. The van der Waals surface area contributed by atoms with Crippen LogP contribution in [0, 0.1) is 41.1 Å². The van der Waals surface area contributed by atoms with Crippen molar-refractivity contribution in [3.8, 4) is 0 Å². The van der Waals surface area contributed by atoms with E-state index in [9.17, 15) is 36.3 Å². The summed E-state index contributed by atoms with van der Waals surface area (Å²) in [5, 5.41) is 16.3. The number of rotatable bonds is 10. The van der Waals surface area contributed by atoms with E-state index in [0.717, 1.165) is 6.07 Å². The molecule has 2 aromatic carbocycles. The van der Waals surface area contributed by atoms with Gasteiger partial charge in [0.15, 0.2) is 27.3 Å². The van der Waals surface area contributed by atoms with Crippen LogP contribution in [0.1, 0.15) is 57.3 Å². The summed E-state index contributed by atoms with van der Waals surface area (Å²) >= 11 is 6.31. The molecule has 4 rings (SSSR count). The Hall–Kier alpha value is -2.67. The predicted octanol–water partition coefficient (Wildman–Crippen LogP) is 5.13. The first-order valence-corrected chi connectivity index (χ1v) is 16.1. The number of halogens is 4. The Bertz CT molecular complexity index is 1480. The molecule has 2 aromatic rings. The van der Waals surface area contributed by atoms with E-state index in [2.05, 4.69) is 10.6 Å². The van der Waals surface area contributed by atoms with Crippen molar-refractivity contribution in [3.63, 3.8) is 0 Å². The number of aliphatic hydroxyl groups is 1. The van der Waals surface area contributed by atoms with E-state index in [1.54, 1.807) is 6.92 Å². The second-order valence-corrected chi connectivity index (χ2v) is 14.5. The molecule has 0 aliphatic heterocycles. The van der Waals surface area contributed by atoms with Crippen LogP contribution in [-0.4, -0.2) is 55.4 Å². The fourth-order valence-electron chi connectivity index (χ4n) is 6.54. The van der Waals surface area contributed by atoms with Gasteiger partial charge in [-0.05, 0) is 68.1 Å². The van der Waals surface area contributed by atoms with Gasteiger partial charge in [-0.2, -0.15) is 0 Å². The molecule has 2 fully saturated rings. The van der Waals surface area contributed by atoms with E-state index >= 15 is 0 Å². The monoisotopic (exact) mass is 644 g/mol. The molecule has 0 heterocycles. The average Bonchev–Trinajstić information content (AvgIpc) is 3.04. The molecule has 13 heteroatoms. The van der Waals surface area contributed by atoms with Crippen molar-refractivity contribution in [2.75, 3.05) is 18.5 Å². The minimum atomic E-state index is -4.09. The lowest BCUT2D eigenvalue weighted by Gasteiger charge is -2.44. The molecule has 0 spiro atoms. The summed E-state index contributed by atoms with van der Waals surface area (Å²) in [6.07, 6.45) is 0.889. The summed E-state index contributed by atoms with van der Waals surface area (Å²) < 4.78 is 73.5. The summed E-state index contributed by atoms with van der Waals surface area (Å²) in [6.45, 7) is 7.75. The number of carbonyl (C=O) groups excluding carboxylic acids is 2. The van der Waals surface area contributed by atoms with Crippen molar-refractivity contribution in [2.24, 2.45) is 23.7 Å². The number of hydrogen-bond acceptors (Lipinski definition) is 7. The fraction of sp³-hybridized carbons (Fsp3) is 0.533. The standard InChI is InChI=1S/C30H36ClF3N2O6S/c1-5-42-29(38)27(15(2)3)35-14-30(39)18-8-16(4)21(30)13-20(10-18)43(40,41)25-9-17(6-7-22(25)31)28(37)36-19-11-23(32)26(34)24(33)12-19/h6-7,9,11-12,15-16,18,20-21,27,35,39H,5,8,10,13-14H2,1-4H3,(H,36,37)/t16-,18?,20+,21+,27-,30+/m0/s1. The normalized spacial score (nSPS) is 25.9. The highest BCUT2D eigenvalue weighted by atomic mass is 35.5. The van der Waals surface area contributed by atoms with Crippen molar-refractivity contribution in [1.82, 2.24) is 5.32 Å². The first-order valence-electron chi connectivity index (χ1n) is 14.2. The Morgan fingerprint density at radius 1 is 1.12 bits per heavy atom. The zero-order valence-electron chi connectivity index (χ0n) is 24.3. The van der Waals surface area contributed by atoms with Gasteiger partial charge in [-0.15, -0.1) is 0 Å². The third-order valence-corrected chi connectivity index (χ3v) is 11.4. The minimum Gasteiger partial charge on any atom is -0.465 e. The van der Waals surface area contributed by atoms with Gasteiger partial charge in [0.25, 0.3) is 5.91 Å². The van der Waals surface area contributed by atoms with Gasteiger partial charge in [0.05, 0.1) is 27.4 Å². The first kappa shape index (κ1) is 33.2. The van der Waals surface area contributed by atoms with Crippen LogP contribution in [0.15, 0.2) is 35.2 Å². The second kappa shape index (κ2) is 12.7. The van der Waals surface area contributed by atoms with E-state index in [0.29, 0.717) is 18.6 Å². The van der Waals surface area contributed by atoms with Gasteiger partial charge in [0.2, 0.25) is 0 Å². The maximum Gasteiger partial charge on any atom is 0.323 e. The van der Waals surface area contributed by atoms with E-state index in [1.165, 1.54) is 12.1 Å². The number of nitrogens with one attached hydrogen (secondary N) is 2. The molecule has 43 heavy (non-hydrogen) atoms. The van der Waals surface area contributed by atoms with Crippen LogP contribution in [0.2, 0.25) is 5.02 Å². The Morgan fingerprint density at radius 2 is 1.77 bits per heavy atom. The van der Waals surface area contributed by atoms with Crippen molar-refractivity contribution in [2.45, 2.75) is 68.7 Å². The Balaban J connectivity index is 1.54. The van der Waals surface area contributed by atoms with E-state index in [4.69, 9.17) is 16.3 Å². The van der Waals surface area contributed by atoms with Gasteiger partial charge in [-0.25, -0.2) is 21.6 Å². The van der Waals surface area contributed by atoms with Gasteiger partial charge < -0.3 is 20.5 Å². The zero-order chi connectivity index (χ0) is 31.9. The van der Waals surface area contributed by atoms with E-state index in [1.807, 2.05) is 20.8 Å². The van der Waals surface area contributed by atoms with Gasteiger partial charge in [0, 0.05) is 29.9 Å². The molecule has 0 aromatic heterocycles. The highest BCUT2D eigenvalue weighted by Gasteiger charge is 2.58. The topological polar surface area (TPSA) is 122 Å². The third-order valence-electron chi connectivity index (χ3n) is 8.75. The Morgan fingerprint density at radius 3 is 2.35 bits per heavy atom. The molecule has 1 unspecified atom stereocenters. The number of amides is 1. The van der Waals surface area contributed by atoms with Crippen molar-refractivity contribution < 1.29 is 41.0 Å². The quantitative estimate of drug-likeness (QED) is 0.242. The molecule has 2 aliphatic rings. The molecule has 0 radical (unpaired) electrons. The molecule has 2 bridgehead atoms. The van der Waals surface area contributed by atoms with Crippen LogP contribution in [-0.2, 0) is 19.4 Å². The van der Waals surface area contributed by atoms with Crippen LogP contribution < -0.4 is 10.6 Å². The Labute approximate surface area is 254 Å². The van der Waals surface area contributed by atoms with E-state index in [-0.39, 0.29) is 70.8 Å². The molecular weight excluding hydrogens is 609 g/mol. The molecule has 236 valence electrons. The predicted molar refractivity (Wildman–Crippen MR) is 155 cm³/mol. The number of anilines is 1. The number of hydrogen-bond donors (Lipinski definition) is 3. The summed E-state index contributed by atoms with van der Waals surface area (Å²) in [6, 6.07) is 4.19. The lowest BCUT2D eigenvalue weighted by atomic mass is 9.73. The Kier molecular flexibility index (Phi) is 9.85. The number of fused-ring (bicyclic) bond motifs is 2. The maximum absolute atomic E-state index is 13.9. The van der Waals surface area contributed by atoms with Crippen LogP contribution in [0.5, 0.6) is 0 Å². The summed E-state index contributed by atoms with van der Waals surface area (Å²) in [5.74, 6) is -6.81. The molecule has 2 saturated carbocycles. The maximum atomic E-state index is 13.9. The van der Waals surface area contributed by atoms with Crippen LogP contribution in [0.25, 0.3) is 0 Å². The van der Waals surface area contributed by atoms with Gasteiger partial charge >= 0.3 is 5.97 Å². The van der Waals surface area contributed by atoms with Crippen LogP contribution >= 0.6 is 11.6 Å². The molecule has 3 N–H and O–H groups in total. The van der Waals surface area contributed by atoms with Crippen molar-refractivity contribution in [3.05, 3.63) is 58.4 Å². The molecule has 0 saturated heterocycles. The molecule has 8 nitrogen and oxygen atoms in total. The summed E-state index contributed by atoms with van der Waals surface area (Å²) in [5.41, 5.74) is -1.73. The van der Waals surface area contributed by atoms with E-state index < -0.39 is 56.1 Å². The number of esters is 1. The molecule has 6 atom stereocenters. The highest BCUT2D eigenvalue weighted by Crippen LogP contribution is 2.54. The van der Waals surface area contributed by atoms with Crippen LogP contribution in [0.3, 0.4) is 0 Å². The number of sulfone groups is 1. The van der Waals surface area contributed by atoms with Crippen LogP contribution in [0.4, 0.5) is 18.9 Å². The second-order valence-electron chi connectivity index (χ2n) is 11.9. The molecular formula is C30H36ClF3N2O6S. The largest absolute Gasteiger partial charge is 0.465 e. The third kappa shape index (κ3) is 6.57. The highest BCUT2D eigenvalue weighted by molar-refractivity contribution is 7.92. The van der Waals surface area contributed by atoms with Gasteiger partial charge in [-0.3, -0.25) is 9.59 Å². The van der Waals surface area contributed by atoms with Gasteiger partial charge in [0.1, 0.15) is 6.04 Å². The number of ether oxygens (including phenoxy) is 1. The summed E-state index contributed by atoms with van der Waals surface area (Å²) in [4.78, 5) is 25.0.